The Hall–Kier alpha value is -3.62. The minimum atomic E-state index is 0. The molecule has 1 aliphatic heterocycles. The van der Waals surface area contributed by atoms with Crippen molar-refractivity contribution in [3.8, 4) is 22.8 Å². The van der Waals surface area contributed by atoms with Crippen LogP contribution >= 0.6 is 24.8 Å². The number of phenolic OH excluding ortho intramolecular Hbond substituents is 1. The highest BCUT2D eigenvalue weighted by atomic mass is 35.5. The Kier molecular flexibility index (Phi) is 9.13. The predicted molar refractivity (Wildman–Crippen MR) is 154 cm³/mol. The summed E-state index contributed by atoms with van der Waals surface area (Å²) in [7, 11) is 5.48. The van der Waals surface area contributed by atoms with Crippen molar-refractivity contribution in [1.29, 1.82) is 0 Å². The highest BCUT2D eigenvalue weighted by molar-refractivity contribution is 5.90. The number of aromatic nitrogens is 4. The number of hydrogen-bond acceptors (Lipinski definition) is 8. The lowest BCUT2D eigenvalue weighted by molar-refractivity contribution is 0.373. The molecule has 1 fully saturated rings. The van der Waals surface area contributed by atoms with E-state index in [-0.39, 0.29) is 30.6 Å². The third-order valence-electron chi connectivity index (χ3n) is 6.04. The summed E-state index contributed by atoms with van der Waals surface area (Å²) in [4.78, 5) is 23.3. The summed E-state index contributed by atoms with van der Waals surface area (Å²) in [6.07, 6.45) is 5.98. The van der Waals surface area contributed by atoms with E-state index in [1.54, 1.807) is 12.1 Å². The normalized spacial score (nSPS) is 12.9. The van der Waals surface area contributed by atoms with Gasteiger partial charge in [-0.2, -0.15) is 0 Å². The average Bonchev–Trinajstić information content (AvgIpc) is 3.42. The van der Waals surface area contributed by atoms with Crippen molar-refractivity contribution in [3.05, 3.63) is 60.2 Å². The van der Waals surface area contributed by atoms with Crippen molar-refractivity contribution < 1.29 is 9.84 Å². The van der Waals surface area contributed by atoms with Gasteiger partial charge in [0, 0.05) is 44.2 Å². The number of nitrogens with zero attached hydrogens (tertiary/aromatic N) is 6. The molecule has 0 unspecified atom stereocenters. The molecular weight excluding hydrogens is 511 g/mol. The van der Waals surface area contributed by atoms with Crippen molar-refractivity contribution in [3.63, 3.8) is 0 Å². The molecule has 3 heterocycles. The van der Waals surface area contributed by atoms with Gasteiger partial charge in [0.05, 0.1) is 18.3 Å². The second kappa shape index (κ2) is 12.1. The summed E-state index contributed by atoms with van der Waals surface area (Å²) in [5, 5.41) is 11.3. The summed E-state index contributed by atoms with van der Waals surface area (Å²) in [5.74, 6) is 3.37. The van der Waals surface area contributed by atoms with Crippen LogP contribution in [0.2, 0.25) is 0 Å². The molecule has 0 aliphatic carbocycles. The van der Waals surface area contributed by atoms with Crippen molar-refractivity contribution in [2.45, 2.75) is 12.8 Å². The number of halogens is 2. The largest absolute Gasteiger partial charge is 0.504 e. The maximum Gasteiger partial charge on any atom is 0.160 e. The Morgan fingerprint density at radius 1 is 0.892 bits per heavy atom. The molecule has 37 heavy (non-hydrogen) atoms. The molecule has 1 aliphatic rings. The number of phenols is 1. The molecule has 10 heteroatoms. The number of ether oxygens (including phenoxy) is 1. The monoisotopic (exact) mass is 540 g/mol. The lowest BCUT2D eigenvalue weighted by atomic mass is 10.1. The first-order chi connectivity index (χ1) is 17.0. The Balaban J connectivity index is 0.00000190. The highest BCUT2D eigenvalue weighted by Crippen LogP contribution is 2.32. The molecule has 2 aromatic carbocycles. The standard InChI is InChI=1S/C27H28N6O2.2ClH/c1-32(2)27-19-8-4-5-9-20(19)28-25(31-27)13-12-24-29-21(17-26(30-24)33-14-6-7-15-33)18-10-11-23(35-3)22(34)16-18;;/h4-5,8-13,16-17,34H,6-7,14-15H2,1-3H3;2*1H/b13-12+;;. The summed E-state index contributed by atoms with van der Waals surface area (Å²) in [6, 6.07) is 15.2. The molecule has 0 amide bonds. The molecule has 0 atom stereocenters. The van der Waals surface area contributed by atoms with Crippen LogP contribution in [0, 0.1) is 0 Å². The van der Waals surface area contributed by atoms with E-state index >= 15 is 0 Å². The van der Waals surface area contributed by atoms with E-state index in [9.17, 15) is 5.11 Å². The minimum Gasteiger partial charge on any atom is -0.504 e. The maximum atomic E-state index is 10.3. The van der Waals surface area contributed by atoms with E-state index in [0.29, 0.717) is 17.4 Å². The van der Waals surface area contributed by atoms with Gasteiger partial charge < -0.3 is 19.6 Å². The smallest absolute Gasteiger partial charge is 0.160 e. The van der Waals surface area contributed by atoms with Crippen LogP contribution in [0.15, 0.2) is 48.5 Å². The molecule has 0 bridgehead atoms. The zero-order valence-electron chi connectivity index (χ0n) is 21.0. The molecule has 1 N–H and O–H groups in total. The van der Waals surface area contributed by atoms with Crippen molar-refractivity contribution >= 4 is 59.5 Å². The number of anilines is 2. The summed E-state index contributed by atoms with van der Waals surface area (Å²) in [5.41, 5.74) is 2.40. The van der Waals surface area contributed by atoms with Crippen LogP contribution in [-0.4, -0.2) is 59.3 Å². The Labute approximate surface area is 228 Å². The van der Waals surface area contributed by atoms with Gasteiger partial charge in [-0.15, -0.1) is 24.8 Å². The SMILES string of the molecule is COc1ccc(-c2cc(N3CCCC3)nc(/C=C/c3nc(N(C)C)c4ccccc4n3)n2)cc1O.Cl.Cl. The van der Waals surface area contributed by atoms with Gasteiger partial charge in [0.2, 0.25) is 0 Å². The maximum absolute atomic E-state index is 10.3. The van der Waals surface area contributed by atoms with Crippen LogP contribution in [0.4, 0.5) is 11.6 Å². The number of hydrogen-bond donors (Lipinski definition) is 1. The van der Waals surface area contributed by atoms with Gasteiger partial charge in [-0.25, -0.2) is 19.9 Å². The first-order valence-corrected chi connectivity index (χ1v) is 11.7. The molecule has 8 nitrogen and oxygen atoms in total. The van der Waals surface area contributed by atoms with Crippen LogP contribution in [0.5, 0.6) is 11.5 Å². The van der Waals surface area contributed by atoms with Crippen LogP contribution in [0.1, 0.15) is 24.5 Å². The van der Waals surface area contributed by atoms with Crippen LogP contribution < -0.4 is 14.5 Å². The van der Waals surface area contributed by atoms with E-state index < -0.39 is 0 Å². The zero-order valence-corrected chi connectivity index (χ0v) is 22.6. The Bertz CT molecular complexity index is 1410. The number of rotatable bonds is 6. The molecule has 5 rings (SSSR count). The summed E-state index contributed by atoms with van der Waals surface area (Å²) in [6.45, 7) is 1.93. The fraction of sp³-hybridized carbons (Fsp3) is 0.259. The first-order valence-electron chi connectivity index (χ1n) is 11.7. The van der Waals surface area contributed by atoms with Crippen molar-refractivity contribution in [1.82, 2.24) is 19.9 Å². The molecule has 4 aromatic rings. The van der Waals surface area contributed by atoms with E-state index in [1.807, 2.05) is 67.5 Å². The number of benzene rings is 2. The molecule has 0 saturated carbocycles. The Morgan fingerprint density at radius 2 is 1.59 bits per heavy atom. The quantitative estimate of drug-likeness (QED) is 0.344. The zero-order chi connectivity index (χ0) is 24.4. The van der Waals surface area contributed by atoms with Gasteiger partial charge in [0.1, 0.15) is 11.6 Å². The number of aromatic hydroxyl groups is 1. The van der Waals surface area contributed by atoms with Gasteiger partial charge in [0.25, 0.3) is 0 Å². The minimum absolute atomic E-state index is 0. The lowest BCUT2D eigenvalue weighted by Gasteiger charge is -2.18. The van der Waals surface area contributed by atoms with E-state index in [1.165, 1.54) is 7.11 Å². The fourth-order valence-electron chi connectivity index (χ4n) is 4.27. The van der Waals surface area contributed by atoms with Crippen LogP contribution in [0.25, 0.3) is 34.3 Å². The second-order valence-electron chi connectivity index (χ2n) is 8.70. The molecular formula is C27H30Cl2N6O2. The third kappa shape index (κ3) is 6.03. The molecule has 194 valence electrons. The van der Waals surface area contributed by atoms with E-state index in [4.69, 9.17) is 24.7 Å². The van der Waals surface area contributed by atoms with Gasteiger partial charge in [0.15, 0.2) is 23.1 Å². The molecule has 0 spiro atoms. The predicted octanol–water partition coefficient (Wildman–Crippen LogP) is 5.48. The topological polar surface area (TPSA) is 87.5 Å². The summed E-state index contributed by atoms with van der Waals surface area (Å²) >= 11 is 0. The lowest BCUT2D eigenvalue weighted by Crippen LogP contribution is -2.19. The molecule has 1 saturated heterocycles. The van der Waals surface area contributed by atoms with Crippen molar-refractivity contribution in [2.75, 3.05) is 44.1 Å². The third-order valence-corrected chi connectivity index (χ3v) is 6.04. The molecule has 2 aromatic heterocycles. The number of methoxy groups -OCH3 is 1. The van der Waals surface area contributed by atoms with Gasteiger partial charge in [-0.1, -0.05) is 12.1 Å². The number of fused-ring (bicyclic) bond motifs is 1. The highest BCUT2D eigenvalue weighted by Gasteiger charge is 2.17. The molecule has 0 radical (unpaired) electrons. The van der Waals surface area contributed by atoms with E-state index in [2.05, 4.69) is 4.90 Å². The van der Waals surface area contributed by atoms with E-state index in [0.717, 1.165) is 59.7 Å². The Morgan fingerprint density at radius 3 is 2.27 bits per heavy atom. The average molecular weight is 541 g/mol. The first kappa shape index (κ1) is 28.0. The van der Waals surface area contributed by atoms with Gasteiger partial charge in [-0.3, -0.25) is 0 Å². The van der Waals surface area contributed by atoms with Gasteiger partial charge in [-0.05, 0) is 55.3 Å². The van der Waals surface area contributed by atoms with Gasteiger partial charge >= 0.3 is 0 Å². The second-order valence-corrected chi connectivity index (χ2v) is 8.70. The van der Waals surface area contributed by atoms with Crippen LogP contribution in [-0.2, 0) is 0 Å². The van der Waals surface area contributed by atoms with Crippen LogP contribution in [0.3, 0.4) is 0 Å². The van der Waals surface area contributed by atoms with Crippen molar-refractivity contribution in [2.24, 2.45) is 0 Å². The summed E-state index contributed by atoms with van der Waals surface area (Å²) < 4.78 is 5.19. The fourth-order valence-corrected chi connectivity index (χ4v) is 4.27. The number of para-hydroxylation sites is 1.